The van der Waals surface area contributed by atoms with Crippen molar-refractivity contribution in [3.05, 3.63) is 71.8 Å². The Bertz CT molecular complexity index is 1150. The number of rotatable bonds is 9. The van der Waals surface area contributed by atoms with E-state index in [9.17, 15) is 0 Å². The average Bonchev–Trinajstić information content (AvgIpc) is 2.84. The van der Waals surface area contributed by atoms with Gasteiger partial charge in [0.15, 0.2) is 0 Å². The van der Waals surface area contributed by atoms with E-state index in [0.29, 0.717) is 0 Å². The highest BCUT2D eigenvalue weighted by molar-refractivity contribution is 5.69. The molecule has 0 aliphatic carbocycles. The van der Waals surface area contributed by atoms with Crippen LogP contribution in [0.1, 0.15) is 56.2 Å². The number of nitrogens with one attached hydrogen (secondary N) is 1. The van der Waals surface area contributed by atoms with Crippen LogP contribution in [0.4, 0.5) is 0 Å². The number of nitrogens with zero attached hydrogens (tertiary/aromatic N) is 2. The first-order chi connectivity index (χ1) is 16.4. The lowest BCUT2D eigenvalue weighted by molar-refractivity contribution is -0.0227. The van der Waals surface area contributed by atoms with Crippen molar-refractivity contribution >= 4 is 6.02 Å². The lowest BCUT2D eigenvalue weighted by Gasteiger charge is -2.29. The van der Waals surface area contributed by atoms with Gasteiger partial charge in [0.2, 0.25) is 0 Å². The average molecular weight is 461 g/mol. The van der Waals surface area contributed by atoms with E-state index in [0.717, 1.165) is 59.6 Å². The number of aromatic nitrogens is 2. The van der Waals surface area contributed by atoms with Crippen LogP contribution in [0.2, 0.25) is 0 Å². The maximum Gasteiger partial charge on any atom is 0.279 e. The second-order valence-electron chi connectivity index (χ2n) is 9.19. The van der Waals surface area contributed by atoms with Crippen LogP contribution in [0.15, 0.2) is 55.1 Å². The summed E-state index contributed by atoms with van der Waals surface area (Å²) < 4.78 is 17.8. The minimum Gasteiger partial charge on any atom is -0.465 e. The van der Waals surface area contributed by atoms with Crippen molar-refractivity contribution in [2.75, 3.05) is 13.2 Å². The fourth-order valence-electron chi connectivity index (χ4n) is 4.19. The summed E-state index contributed by atoms with van der Waals surface area (Å²) in [5.41, 5.74) is 10.5. The first-order valence-electron chi connectivity index (χ1n) is 11.7. The summed E-state index contributed by atoms with van der Waals surface area (Å²) in [5, 5.41) is 7.58. The highest BCUT2D eigenvalue weighted by Gasteiger charge is 2.29. The van der Waals surface area contributed by atoms with E-state index in [4.69, 9.17) is 25.4 Å². The third-order valence-electron chi connectivity index (χ3n) is 6.07. The first-order valence-corrected chi connectivity index (χ1v) is 11.7. The van der Waals surface area contributed by atoms with E-state index in [1.54, 1.807) is 12.4 Å². The van der Waals surface area contributed by atoms with Crippen LogP contribution in [0, 0.1) is 5.41 Å². The summed E-state index contributed by atoms with van der Waals surface area (Å²) in [7, 11) is 0. The molecule has 0 radical (unpaired) electrons. The molecule has 1 aliphatic rings. The molecule has 0 saturated carbocycles. The van der Waals surface area contributed by atoms with E-state index in [1.165, 1.54) is 11.9 Å². The van der Waals surface area contributed by atoms with Crippen LogP contribution in [0.3, 0.4) is 0 Å². The van der Waals surface area contributed by atoms with Gasteiger partial charge in [-0.05, 0) is 62.4 Å². The Morgan fingerprint density at radius 1 is 1.06 bits per heavy atom. The summed E-state index contributed by atoms with van der Waals surface area (Å²) in [6, 6.07) is 12.1. The molecule has 2 aromatic carbocycles. The predicted molar refractivity (Wildman–Crippen MR) is 132 cm³/mol. The van der Waals surface area contributed by atoms with Gasteiger partial charge in [-0.2, -0.15) is 0 Å². The molecule has 1 aromatic heterocycles. The molecule has 178 valence electrons. The van der Waals surface area contributed by atoms with Gasteiger partial charge in [0.05, 0.1) is 11.5 Å². The van der Waals surface area contributed by atoms with Crippen LogP contribution in [-0.4, -0.2) is 34.8 Å². The smallest absolute Gasteiger partial charge is 0.279 e. The van der Waals surface area contributed by atoms with Gasteiger partial charge < -0.3 is 19.9 Å². The summed E-state index contributed by atoms with van der Waals surface area (Å²) in [5.74, 6) is 1.44. The molecule has 3 N–H and O–H groups in total. The standard InChI is InChI=1S/C27H32N4O3/c1-4-11-33-27(2,3)10-9-18-5-7-24-21(12-18)23(16-32-26(28)29)22-13-19(6-8-25(22)34-24)20-14-30-17-31-15-20/h5-8,12-15,17,23H,4,9-11,16H2,1-3H3,(H3,28,29). The number of nitrogens with two attached hydrogens (primary N) is 1. The number of ether oxygens (including phenoxy) is 3. The van der Waals surface area contributed by atoms with Crippen molar-refractivity contribution in [1.82, 2.24) is 9.97 Å². The molecule has 7 heteroatoms. The quantitative estimate of drug-likeness (QED) is 0.326. The summed E-state index contributed by atoms with van der Waals surface area (Å²) in [6.07, 6.45) is 7.89. The first kappa shape index (κ1) is 23.7. The van der Waals surface area contributed by atoms with E-state index in [1.807, 2.05) is 18.2 Å². The Morgan fingerprint density at radius 2 is 1.76 bits per heavy atom. The Morgan fingerprint density at radius 3 is 2.47 bits per heavy atom. The van der Waals surface area contributed by atoms with E-state index in [-0.39, 0.29) is 24.1 Å². The fraction of sp³-hybridized carbons (Fsp3) is 0.370. The van der Waals surface area contributed by atoms with Crippen molar-refractivity contribution in [3.8, 4) is 22.6 Å². The largest absolute Gasteiger partial charge is 0.465 e. The maximum absolute atomic E-state index is 7.58. The Labute approximate surface area is 200 Å². The minimum atomic E-state index is -0.298. The van der Waals surface area contributed by atoms with Crippen LogP contribution in [-0.2, 0) is 15.9 Å². The van der Waals surface area contributed by atoms with E-state index in [2.05, 4.69) is 48.9 Å². The third-order valence-corrected chi connectivity index (χ3v) is 6.07. The maximum atomic E-state index is 7.58. The monoisotopic (exact) mass is 460 g/mol. The molecule has 0 bridgehead atoms. The van der Waals surface area contributed by atoms with Gasteiger partial charge in [-0.15, -0.1) is 0 Å². The molecule has 0 fully saturated rings. The lowest BCUT2D eigenvalue weighted by Crippen LogP contribution is -2.25. The Hall–Kier alpha value is -3.45. The van der Waals surface area contributed by atoms with Crippen molar-refractivity contribution in [1.29, 1.82) is 5.41 Å². The van der Waals surface area contributed by atoms with Gasteiger partial charge >= 0.3 is 0 Å². The van der Waals surface area contributed by atoms with Crippen molar-refractivity contribution < 1.29 is 14.2 Å². The van der Waals surface area contributed by atoms with Crippen molar-refractivity contribution in [2.45, 2.75) is 51.6 Å². The third kappa shape index (κ3) is 5.54. The van der Waals surface area contributed by atoms with Crippen LogP contribution < -0.4 is 10.5 Å². The molecule has 0 saturated heterocycles. The van der Waals surface area contributed by atoms with Gasteiger partial charge in [0, 0.05) is 35.7 Å². The van der Waals surface area contributed by atoms with Gasteiger partial charge in [-0.3, -0.25) is 5.41 Å². The Balaban J connectivity index is 1.65. The number of hydrogen-bond donors (Lipinski definition) is 2. The highest BCUT2D eigenvalue weighted by Crippen LogP contribution is 2.46. The Kier molecular flexibility index (Phi) is 7.12. The number of hydrogen-bond acceptors (Lipinski definition) is 6. The van der Waals surface area contributed by atoms with Gasteiger partial charge in [-0.25, -0.2) is 9.97 Å². The molecule has 0 amide bonds. The molecule has 34 heavy (non-hydrogen) atoms. The number of aryl methyl sites for hydroxylation is 1. The number of fused-ring (bicyclic) bond motifs is 2. The zero-order valence-electron chi connectivity index (χ0n) is 20.0. The minimum absolute atomic E-state index is 0.128. The SMILES string of the molecule is CCCOC(C)(C)CCc1ccc2c(c1)C(COC(=N)N)c1cc(-c3cncnc3)ccc1O2. The van der Waals surface area contributed by atoms with Crippen LogP contribution in [0.25, 0.3) is 11.1 Å². The van der Waals surface area contributed by atoms with E-state index < -0.39 is 0 Å². The molecule has 1 unspecified atom stereocenters. The highest BCUT2D eigenvalue weighted by atomic mass is 16.5. The fourth-order valence-corrected chi connectivity index (χ4v) is 4.19. The zero-order valence-corrected chi connectivity index (χ0v) is 20.0. The molecule has 2 heterocycles. The summed E-state index contributed by atoms with van der Waals surface area (Å²) in [6.45, 7) is 7.41. The summed E-state index contributed by atoms with van der Waals surface area (Å²) in [4.78, 5) is 8.27. The van der Waals surface area contributed by atoms with Crippen LogP contribution >= 0.6 is 0 Å². The lowest BCUT2D eigenvalue weighted by atomic mass is 9.85. The molecule has 1 atom stereocenters. The van der Waals surface area contributed by atoms with Crippen molar-refractivity contribution in [2.24, 2.45) is 5.73 Å². The predicted octanol–water partition coefficient (Wildman–Crippen LogP) is 5.43. The molecule has 4 rings (SSSR count). The van der Waals surface area contributed by atoms with Gasteiger partial charge in [0.1, 0.15) is 24.4 Å². The summed E-state index contributed by atoms with van der Waals surface area (Å²) >= 11 is 0. The topological polar surface area (TPSA) is 103 Å². The van der Waals surface area contributed by atoms with Crippen molar-refractivity contribution in [3.63, 3.8) is 0 Å². The molecule has 3 aromatic rings. The number of amidine groups is 1. The second kappa shape index (κ2) is 10.2. The second-order valence-corrected chi connectivity index (χ2v) is 9.19. The molecule has 7 nitrogen and oxygen atoms in total. The van der Waals surface area contributed by atoms with Crippen LogP contribution in [0.5, 0.6) is 11.5 Å². The van der Waals surface area contributed by atoms with E-state index >= 15 is 0 Å². The molecular weight excluding hydrogens is 428 g/mol. The molecule has 1 aliphatic heterocycles. The molecular formula is C27H32N4O3. The normalized spacial score (nSPS) is 14.6. The zero-order chi connectivity index (χ0) is 24.1. The van der Waals surface area contributed by atoms with Gasteiger partial charge in [-0.1, -0.05) is 25.1 Å². The molecule has 0 spiro atoms. The van der Waals surface area contributed by atoms with Gasteiger partial charge in [0.25, 0.3) is 6.02 Å². The number of benzene rings is 2.